The quantitative estimate of drug-likeness (QED) is 0.258. The Kier molecular flexibility index (Phi) is 12.2. The van der Waals surface area contributed by atoms with E-state index in [2.05, 4.69) is 13.0 Å². The molecule has 1 N–H and O–H groups in total. The summed E-state index contributed by atoms with van der Waals surface area (Å²) in [5, 5.41) is 9.78. The van der Waals surface area contributed by atoms with Crippen LogP contribution in [0.25, 0.3) is 0 Å². The first-order valence-electron chi connectivity index (χ1n) is 8.31. The summed E-state index contributed by atoms with van der Waals surface area (Å²) >= 11 is 0. The Morgan fingerprint density at radius 1 is 1.00 bits per heavy atom. The van der Waals surface area contributed by atoms with Gasteiger partial charge in [0.25, 0.3) is 5.48 Å². The molecule has 0 aliphatic carbocycles. The van der Waals surface area contributed by atoms with Crippen LogP contribution in [0.5, 0.6) is 0 Å². The third-order valence-corrected chi connectivity index (χ3v) is 4.58. The average Bonchev–Trinajstić information content (AvgIpc) is 2.38. The highest BCUT2D eigenvalue weighted by Gasteiger charge is 2.16. The number of quaternary nitrogens is 1. The van der Waals surface area contributed by atoms with E-state index in [9.17, 15) is 10.00 Å². The Labute approximate surface area is 132 Å². The normalized spacial score (nSPS) is 13.8. The molecule has 0 spiro atoms. The van der Waals surface area contributed by atoms with Crippen molar-refractivity contribution in [2.45, 2.75) is 58.3 Å². The summed E-state index contributed by atoms with van der Waals surface area (Å²) in [5.74, 6) is 0. The number of rotatable bonds is 12. The lowest BCUT2D eigenvalue weighted by Crippen LogP contribution is -2.39. The molecule has 0 aliphatic rings. The molecule has 1 atom stereocenters. The molecular weight excluding hydrogens is 281 g/mol. The Morgan fingerprint density at radius 3 is 2.14 bits per heavy atom. The topological polar surface area (TPSA) is 43.3 Å². The van der Waals surface area contributed by atoms with Gasteiger partial charge in [-0.25, -0.2) is 0 Å². The molecule has 0 heterocycles. The second-order valence-corrected chi connectivity index (χ2v) is 8.45. The lowest BCUT2D eigenvalue weighted by Gasteiger charge is -2.21. The maximum Gasteiger partial charge on any atom is 0.274 e. The van der Waals surface area contributed by atoms with Gasteiger partial charge >= 0.3 is 0 Å². The lowest BCUT2D eigenvalue weighted by molar-refractivity contribution is -0.861. The van der Waals surface area contributed by atoms with Crippen molar-refractivity contribution in [3.8, 4) is 0 Å². The number of hydrogen-bond donors (Lipinski definition) is 1. The zero-order valence-electron chi connectivity index (χ0n) is 14.5. The van der Waals surface area contributed by atoms with Gasteiger partial charge in [0.15, 0.2) is 6.54 Å². The van der Waals surface area contributed by atoms with E-state index in [1.54, 1.807) is 0 Å². The minimum atomic E-state index is -1.62. The first kappa shape index (κ1) is 20.8. The van der Waals surface area contributed by atoms with Gasteiger partial charge in [-0.2, -0.15) is 0 Å². The van der Waals surface area contributed by atoms with Gasteiger partial charge in [-0.15, -0.1) is 0 Å². The minimum Gasteiger partial charge on any atom is -0.628 e. The van der Waals surface area contributed by atoms with Crippen LogP contribution >= 0.6 is 7.77 Å². The van der Waals surface area contributed by atoms with Crippen molar-refractivity contribution in [1.29, 1.82) is 0 Å². The predicted molar refractivity (Wildman–Crippen MR) is 93.4 cm³/mol. The SMILES string of the molecule is CCCCCCCCCC=CC/[P+]([O-])=C(\O)C[N+](C)(C)C. The zero-order chi connectivity index (χ0) is 16.1. The number of aliphatic hydroxyl groups is 1. The van der Waals surface area contributed by atoms with Gasteiger partial charge in [-0.05, 0) is 18.9 Å². The average molecular weight is 316 g/mol. The fourth-order valence-corrected chi connectivity index (χ4v) is 3.25. The van der Waals surface area contributed by atoms with Crippen molar-refractivity contribution in [2.24, 2.45) is 0 Å². The molecule has 0 radical (unpaired) electrons. The van der Waals surface area contributed by atoms with E-state index in [0.717, 1.165) is 6.42 Å². The second-order valence-electron chi connectivity index (χ2n) is 6.81. The third kappa shape index (κ3) is 14.5. The number of allylic oxidation sites excluding steroid dienone is 2. The highest BCUT2D eigenvalue weighted by Crippen LogP contribution is 2.15. The fraction of sp³-hybridized carbons (Fsp3) is 0.824. The Morgan fingerprint density at radius 2 is 1.57 bits per heavy atom. The number of hydrogen-bond acceptors (Lipinski definition) is 1. The standard InChI is InChI=1S/C17H34NO2P/c1-5-6-7-8-9-10-11-12-13-14-15-21(20)17(19)16-18(2,3)4/h13-14H,5-12,15-16H2,1-4H3/p+1. The van der Waals surface area contributed by atoms with Crippen LogP contribution in [0.15, 0.2) is 12.2 Å². The number of unbranched alkanes of at least 4 members (excludes halogenated alkanes) is 7. The van der Waals surface area contributed by atoms with Crippen molar-refractivity contribution < 1.29 is 14.5 Å². The zero-order valence-corrected chi connectivity index (χ0v) is 15.4. The van der Waals surface area contributed by atoms with Crippen molar-refractivity contribution in [3.05, 3.63) is 12.2 Å². The van der Waals surface area contributed by atoms with Crippen LogP contribution in [0, 0.1) is 0 Å². The van der Waals surface area contributed by atoms with E-state index < -0.39 is 7.77 Å². The Hall–Kier alpha value is -0.210. The summed E-state index contributed by atoms with van der Waals surface area (Å²) in [6.45, 7) is 2.70. The molecule has 0 aromatic carbocycles. The van der Waals surface area contributed by atoms with E-state index >= 15 is 0 Å². The van der Waals surface area contributed by atoms with Crippen molar-refractivity contribution >= 4 is 13.3 Å². The van der Waals surface area contributed by atoms with E-state index in [-0.39, 0.29) is 5.48 Å². The van der Waals surface area contributed by atoms with Crippen molar-refractivity contribution in [3.63, 3.8) is 0 Å². The van der Waals surface area contributed by atoms with Crippen LogP contribution in [0.3, 0.4) is 0 Å². The van der Waals surface area contributed by atoms with Crippen LogP contribution in [0.1, 0.15) is 58.3 Å². The summed E-state index contributed by atoms with van der Waals surface area (Å²) < 4.78 is 0.606. The monoisotopic (exact) mass is 316 g/mol. The van der Waals surface area contributed by atoms with Crippen LogP contribution in [0.2, 0.25) is 0 Å². The molecule has 0 aliphatic heterocycles. The molecule has 0 saturated carbocycles. The van der Waals surface area contributed by atoms with Crippen LogP contribution < -0.4 is 4.89 Å². The smallest absolute Gasteiger partial charge is 0.274 e. The first-order chi connectivity index (χ1) is 9.87. The number of likely N-dealkylation sites (N-methyl/N-ethyl adjacent to an activating group) is 1. The van der Waals surface area contributed by atoms with E-state index in [4.69, 9.17) is 0 Å². The third-order valence-electron chi connectivity index (χ3n) is 3.32. The molecule has 0 rings (SSSR count). The molecule has 0 amide bonds. The maximum absolute atomic E-state index is 11.9. The van der Waals surface area contributed by atoms with Gasteiger partial charge in [0.2, 0.25) is 0 Å². The Bertz CT molecular complexity index is 319. The highest BCUT2D eigenvalue weighted by molar-refractivity contribution is 7.51. The molecule has 0 aromatic heterocycles. The van der Waals surface area contributed by atoms with Crippen LogP contribution in [-0.2, 0) is 0 Å². The molecule has 1 unspecified atom stereocenters. The minimum absolute atomic E-state index is 0.137. The molecular formula is C17H35NO2P+. The molecule has 0 fully saturated rings. The Balaban J connectivity index is 3.69. The summed E-state index contributed by atoms with van der Waals surface area (Å²) in [4.78, 5) is 11.9. The fourth-order valence-electron chi connectivity index (χ4n) is 2.12. The second kappa shape index (κ2) is 12.3. The van der Waals surface area contributed by atoms with Crippen LogP contribution in [-0.4, -0.2) is 48.9 Å². The first-order valence-corrected chi connectivity index (χ1v) is 9.76. The van der Waals surface area contributed by atoms with E-state index in [1.165, 1.54) is 44.9 Å². The number of nitrogens with zero attached hydrogens (tertiary/aromatic N) is 1. The maximum atomic E-state index is 11.9. The molecule has 0 saturated heterocycles. The molecule has 4 heteroatoms. The van der Waals surface area contributed by atoms with Gasteiger partial charge in [-0.1, -0.05) is 51.5 Å². The molecule has 3 nitrogen and oxygen atoms in total. The van der Waals surface area contributed by atoms with Gasteiger partial charge in [0, 0.05) is 0 Å². The molecule has 21 heavy (non-hydrogen) atoms. The molecule has 0 aromatic rings. The van der Waals surface area contributed by atoms with Crippen molar-refractivity contribution in [2.75, 3.05) is 33.8 Å². The summed E-state index contributed by atoms with van der Waals surface area (Å²) in [7, 11) is 4.32. The largest absolute Gasteiger partial charge is 0.628 e. The number of aliphatic hydroxyl groups excluding tert-OH is 1. The summed E-state index contributed by atoms with van der Waals surface area (Å²) in [5.41, 5.74) is 0.137. The molecule has 124 valence electrons. The van der Waals surface area contributed by atoms with Crippen molar-refractivity contribution in [1.82, 2.24) is 0 Å². The van der Waals surface area contributed by atoms with Crippen LogP contribution in [0.4, 0.5) is 0 Å². The van der Waals surface area contributed by atoms with E-state index in [0.29, 0.717) is 17.2 Å². The molecule has 0 bridgehead atoms. The van der Waals surface area contributed by atoms with Gasteiger partial charge < -0.3 is 14.5 Å². The van der Waals surface area contributed by atoms with Gasteiger partial charge in [-0.3, -0.25) is 0 Å². The summed E-state index contributed by atoms with van der Waals surface area (Å²) in [6.07, 6.45) is 14.8. The lowest BCUT2D eigenvalue weighted by atomic mass is 10.1. The van der Waals surface area contributed by atoms with Gasteiger partial charge in [0.1, 0.15) is 6.16 Å². The highest BCUT2D eigenvalue weighted by atomic mass is 31.1. The van der Waals surface area contributed by atoms with Gasteiger partial charge in [0.05, 0.1) is 28.9 Å². The summed E-state index contributed by atoms with van der Waals surface area (Å²) in [6, 6.07) is 0. The predicted octanol–water partition coefficient (Wildman–Crippen LogP) is 3.65. The van der Waals surface area contributed by atoms with E-state index in [1.807, 2.05) is 27.2 Å².